The van der Waals surface area contributed by atoms with Gasteiger partial charge in [-0.15, -0.1) is 0 Å². The topological polar surface area (TPSA) is 75.4 Å². The SMILES string of the molecule is CCC(CN)S(=O)(=O)NCCCN(C)c1ccccc1. The van der Waals surface area contributed by atoms with E-state index in [2.05, 4.69) is 9.62 Å². The van der Waals surface area contributed by atoms with E-state index in [-0.39, 0.29) is 6.54 Å². The van der Waals surface area contributed by atoms with Gasteiger partial charge in [0.15, 0.2) is 0 Å². The van der Waals surface area contributed by atoms with Gasteiger partial charge in [0, 0.05) is 32.4 Å². The molecular weight excluding hydrogens is 274 g/mol. The molecule has 0 aliphatic rings. The highest BCUT2D eigenvalue weighted by Gasteiger charge is 2.21. The Morgan fingerprint density at radius 3 is 2.50 bits per heavy atom. The third kappa shape index (κ3) is 5.11. The molecule has 20 heavy (non-hydrogen) atoms. The summed E-state index contributed by atoms with van der Waals surface area (Å²) in [5, 5.41) is -0.491. The summed E-state index contributed by atoms with van der Waals surface area (Å²) in [5.74, 6) is 0. The molecule has 3 N–H and O–H groups in total. The Kier molecular flexibility index (Phi) is 6.98. The number of rotatable bonds is 9. The van der Waals surface area contributed by atoms with Gasteiger partial charge >= 0.3 is 0 Å². The van der Waals surface area contributed by atoms with Gasteiger partial charge in [-0.2, -0.15) is 0 Å². The molecule has 0 saturated heterocycles. The molecule has 0 aliphatic heterocycles. The maximum Gasteiger partial charge on any atom is 0.215 e. The lowest BCUT2D eigenvalue weighted by Gasteiger charge is -2.20. The Morgan fingerprint density at radius 1 is 1.30 bits per heavy atom. The van der Waals surface area contributed by atoms with Gasteiger partial charge in [0.1, 0.15) is 0 Å². The molecular formula is C14H25N3O2S. The van der Waals surface area contributed by atoms with Crippen molar-refractivity contribution in [3.8, 4) is 0 Å². The van der Waals surface area contributed by atoms with E-state index < -0.39 is 15.3 Å². The van der Waals surface area contributed by atoms with Gasteiger partial charge in [0.05, 0.1) is 5.25 Å². The Labute approximate surface area is 122 Å². The molecule has 0 aliphatic carbocycles. The molecule has 0 spiro atoms. The predicted octanol–water partition coefficient (Wildman–Crippen LogP) is 1.17. The van der Waals surface area contributed by atoms with Crippen molar-refractivity contribution in [3.05, 3.63) is 30.3 Å². The first-order chi connectivity index (χ1) is 9.51. The van der Waals surface area contributed by atoms with Gasteiger partial charge in [-0.05, 0) is 25.0 Å². The fourth-order valence-electron chi connectivity index (χ4n) is 1.97. The van der Waals surface area contributed by atoms with Crippen LogP contribution in [0.2, 0.25) is 0 Å². The molecule has 0 heterocycles. The zero-order valence-corrected chi connectivity index (χ0v) is 13.1. The summed E-state index contributed by atoms with van der Waals surface area (Å²) in [7, 11) is -1.28. The van der Waals surface area contributed by atoms with Crippen LogP contribution in [0.3, 0.4) is 0 Å². The third-order valence-electron chi connectivity index (χ3n) is 3.33. The second-order valence-electron chi connectivity index (χ2n) is 4.82. The molecule has 5 nitrogen and oxygen atoms in total. The van der Waals surface area contributed by atoms with Crippen molar-refractivity contribution >= 4 is 15.7 Å². The van der Waals surface area contributed by atoms with Crippen LogP contribution in [0.4, 0.5) is 5.69 Å². The molecule has 0 saturated carbocycles. The predicted molar refractivity (Wildman–Crippen MR) is 84.4 cm³/mol. The number of benzene rings is 1. The molecule has 6 heteroatoms. The quantitative estimate of drug-likeness (QED) is 0.671. The van der Waals surface area contributed by atoms with Gasteiger partial charge < -0.3 is 10.6 Å². The van der Waals surface area contributed by atoms with Gasteiger partial charge in [0.2, 0.25) is 10.0 Å². The summed E-state index contributed by atoms with van der Waals surface area (Å²) in [6.45, 7) is 3.23. The van der Waals surface area contributed by atoms with Crippen molar-refractivity contribution in [2.24, 2.45) is 5.73 Å². The maximum absolute atomic E-state index is 11.9. The number of anilines is 1. The molecule has 1 rings (SSSR count). The highest BCUT2D eigenvalue weighted by Crippen LogP contribution is 2.10. The van der Waals surface area contributed by atoms with E-state index in [1.54, 1.807) is 0 Å². The third-order valence-corrected chi connectivity index (χ3v) is 5.34. The lowest BCUT2D eigenvalue weighted by atomic mass is 10.3. The summed E-state index contributed by atoms with van der Waals surface area (Å²) in [5.41, 5.74) is 6.60. The van der Waals surface area contributed by atoms with Crippen LogP contribution in [0, 0.1) is 0 Å². The monoisotopic (exact) mass is 299 g/mol. The van der Waals surface area contributed by atoms with Crippen LogP contribution >= 0.6 is 0 Å². The van der Waals surface area contributed by atoms with E-state index in [9.17, 15) is 8.42 Å². The van der Waals surface area contributed by atoms with Crippen LogP contribution in [0.5, 0.6) is 0 Å². The van der Waals surface area contributed by atoms with E-state index >= 15 is 0 Å². The van der Waals surface area contributed by atoms with Gasteiger partial charge in [-0.25, -0.2) is 13.1 Å². The van der Waals surface area contributed by atoms with Crippen LogP contribution < -0.4 is 15.4 Å². The number of hydrogen-bond donors (Lipinski definition) is 2. The first-order valence-corrected chi connectivity index (χ1v) is 8.50. The van der Waals surface area contributed by atoms with Gasteiger partial charge in [-0.3, -0.25) is 0 Å². The molecule has 1 unspecified atom stereocenters. The minimum atomic E-state index is -3.28. The fourth-order valence-corrected chi connectivity index (χ4v) is 3.33. The number of nitrogens with one attached hydrogen (secondary N) is 1. The normalized spacial score (nSPS) is 13.2. The van der Waals surface area contributed by atoms with Crippen LogP contribution in [0.1, 0.15) is 19.8 Å². The molecule has 0 bridgehead atoms. The van der Waals surface area contributed by atoms with Crippen LogP contribution in [-0.2, 0) is 10.0 Å². The summed E-state index contributed by atoms with van der Waals surface area (Å²) in [4.78, 5) is 2.11. The maximum atomic E-state index is 11.9. The lowest BCUT2D eigenvalue weighted by molar-refractivity contribution is 0.559. The van der Waals surface area contributed by atoms with E-state index in [1.165, 1.54) is 0 Å². The minimum absolute atomic E-state index is 0.162. The van der Waals surface area contributed by atoms with Crippen LogP contribution in [-0.4, -0.2) is 40.3 Å². The average Bonchev–Trinajstić information content (AvgIpc) is 2.45. The van der Waals surface area contributed by atoms with Crippen molar-refractivity contribution < 1.29 is 8.42 Å². The highest BCUT2D eigenvalue weighted by molar-refractivity contribution is 7.90. The van der Waals surface area contributed by atoms with E-state index in [4.69, 9.17) is 5.73 Å². The van der Waals surface area contributed by atoms with Crippen LogP contribution in [0.15, 0.2) is 30.3 Å². The fraction of sp³-hybridized carbons (Fsp3) is 0.571. The van der Waals surface area contributed by atoms with Crippen molar-refractivity contribution in [1.82, 2.24) is 4.72 Å². The molecule has 1 aromatic rings. The molecule has 1 atom stereocenters. The Balaban J connectivity index is 2.35. The van der Waals surface area contributed by atoms with Crippen molar-refractivity contribution in [3.63, 3.8) is 0 Å². The van der Waals surface area contributed by atoms with Gasteiger partial charge in [-0.1, -0.05) is 25.1 Å². The number of hydrogen-bond acceptors (Lipinski definition) is 4. The van der Waals surface area contributed by atoms with Crippen molar-refractivity contribution in [2.75, 3.05) is 31.6 Å². The summed E-state index contributed by atoms with van der Waals surface area (Å²) >= 11 is 0. The molecule has 1 aromatic carbocycles. The van der Waals surface area contributed by atoms with E-state index in [0.29, 0.717) is 13.0 Å². The zero-order chi connectivity index (χ0) is 15.0. The van der Waals surface area contributed by atoms with Crippen molar-refractivity contribution in [2.45, 2.75) is 25.0 Å². The number of para-hydroxylation sites is 1. The smallest absolute Gasteiger partial charge is 0.215 e. The summed E-state index contributed by atoms with van der Waals surface area (Å²) in [6.07, 6.45) is 1.29. The Bertz CT molecular complexity index is 472. The minimum Gasteiger partial charge on any atom is -0.375 e. The highest BCUT2D eigenvalue weighted by atomic mass is 32.2. The average molecular weight is 299 g/mol. The standard InChI is InChI=1S/C14H25N3O2S/c1-3-14(12-15)20(18,19)16-10-7-11-17(2)13-8-5-4-6-9-13/h4-6,8-9,14,16H,3,7,10-12,15H2,1-2H3. The summed E-state index contributed by atoms with van der Waals surface area (Å²) in [6, 6.07) is 10.0. The number of sulfonamides is 1. The molecule has 114 valence electrons. The zero-order valence-electron chi connectivity index (χ0n) is 12.2. The van der Waals surface area contributed by atoms with E-state index in [1.807, 2.05) is 44.3 Å². The first kappa shape index (κ1) is 16.9. The molecule has 0 radical (unpaired) electrons. The second kappa shape index (κ2) is 8.24. The Morgan fingerprint density at radius 2 is 1.95 bits per heavy atom. The van der Waals surface area contributed by atoms with Gasteiger partial charge in [0.25, 0.3) is 0 Å². The second-order valence-corrected chi connectivity index (χ2v) is 6.86. The van der Waals surface area contributed by atoms with Crippen LogP contribution in [0.25, 0.3) is 0 Å². The summed E-state index contributed by atoms with van der Waals surface area (Å²) < 4.78 is 26.4. The van der Waals surface area contributed by atoms with Crippen molar-refractivity contribution in [1.29, 1.82) is 0 Å². The molecule has 0 aromatic heterocycles. The molecule has 0 amide bonds. The Hall–Kier alpha value is -1.11. The number of nitrogens with zero attached hydrogens (tertiary/aromatic N) is 1. The molecule has 0 fully saturated rings. The largest absolute Gasteiger partial charge is 0.375 e. The lowest BCUT2D eigenvalue weighted by Crippen LogP contribution is -2.39. The first-order valence-electron chi connectivity index (χ1n) is 6.96. The van der Waals surface area contributed by atoms with E-state index in [0.717, 1.165) is 18.7 Å². The number of nitrogens with two attached hydrogens (primary N) is 1.